The smallest absolute Gasteiger partial charge is 0.407 e. The molecule has 5 rings (SSSR count). The number of rotatable bonds is 19. The molecule has 2 aliphatic rings. The highest BCUT2D eigenvalue weighted by Gasteiger charge is 2.45. The van der Waals surface area contributed by atoms with Gasteiger partial charge in [0.05, 0.1) is 24.0 Å². The van der Waals surface area contributed by atoms with Crippen molar-refractivity contribution >= 4 is 41.4 Å². The Morgan fingerprint density at radius 3 is 2.23 bits per heavy atom. The number of benzene rings is 2. The molecule has 60 heavy (non-hydrogen) atoms. The molecule has 2 heterocycles. The maximum absolute atomic E-state index is 14.8. The summed E-state index contributed by atoms with van der Waals surface area (Å²) < 4.78 is 6.69. The van der Waals surface area contributed by atoms with Crippen LogP contribution in [0.1, 0.15) is 116 Å². The van der Waals surface area contributed by atoms with E-state index in [-0.39, 0.29) is 49.6 Å². The van der Waals surface area contributed by atoms with Crippen LogP contribution in [0.4, 0.5) is 4.79 Å². The van der Waals surface area contributed by atoms with E-state index in [1.807, 2.05) is 30.3 Å². The van der Waals surface area contributed by atoms with Gasteiger partial charge in [0.1, 0.15) is 24.3 Å². The number of nitrogens with two attached hydrogens (primary N) is 2. The summed E-state index contributed by atoms with van der Waals surface area (Å²) in [6, 6.07) is 10.6. The van der Waals surface area contributed by atoms with E-state index in [0.29, 0.717) is 25.0 Å². The maximum atomic E-state index is 14.8. The second-order valence-corrected chi connectivity index (χ2v) is 16.0. The highest BCUT2D eigenvalue weighted by Crippen LogP contribution is 2.33. The van der Waals surface area contributed by atoms with Crippen LogP contribution in [0.5, 0.6) is 0 Å². The number of aliphatic hydroxyl groups is 1. The van der Waals surface area contributed by atoms with E-state index in [2.05, 4.69) is 26.3 Å². The fourth-order valence-corrected chi connectivity index (χ4v) is 7.79. The van der Waals surface area contributed by atoms with Crippen molar-refractivity contribution in [2.45, 2.75) is 114 Å². The highest BCUT2D eigenvalue weighted by molar-refractivity contribution is 6.37. The Labute approximate surface area is 348 Å². The van der Waals surface area contributed by atoms with E-state index in [9.17, 15) is 38.7 Å². The van der Waals surface area contributed by atoms with Gasteiger partial charge < -0.3 is 42.2 Å². The summed E-state index contributed by atoms with van der Waals surface area (Å²) in [5.74, 6) is -4.67. The molecule has 322 valence electrons. The van der Waals surface area contributed by atoms with Gasteiger partial charge in [-0.3, -0.25) is 28.8 Å². The van der Waals surface area contributed by atoms with Gasteiger partial charge in [0.15, 0.2) is 0 Å². The number of ether oxygens (including phenoxy) is 1. The van der Waals surface area contributed by atoms with Gasteiger partial charge in [-0.1, -0.05) is 67.6 Å². The maximum Gasteiger partial charge on any atom is 0.407 e. The van der Waals surface area contributed by atoms with Gasteiger partial charge in [-0.25, -0.2) is 9.48 Å². The van der Waals surface area contributed by atoms with Crippen LogP contribution in [0.15, 0.2) is 60.8 Å². The van der Waals surface area contributed by atoms with E-state index in [4.69, 9.17) is 16.2 Å². The average Bonchev–Trinajstić information content (AvgIpc) is 3.91. The molecule has 0 bridgehead atoms. The molecule has 1 saturated carbocycles. The lowest BCUT2D eigenvalue weighted by Gasteiger charge is -2.32. The zero-order chi connectivity index (χ0) is 43.4. The first-order valence-electron chi connectivity index (χ1n) is 20.3. The van der Waals surface area contributed by atoms with Gasteiger partial charge in [-0.15, -0.1) is 5.10 Å². The van der Waals surface area contributed by atoms with E-state index in [1.165, 1.54) is 40.0 Å². The standard InChI is InChI=1S/C42H55N9O9/c1-42(2,59)34-23-46-49-51(34)30-22-33(39(56)47-31(35(52)37(44)54)15-9-10-20-45-41(58)60-25-27-13-7-4-8-14-27)50(24-30)40(57)32(21-26-11-5-3-6-12-26)48-38(55)29-18-16-28(17-19-29)36(43)53/h4,7-8,13-14,16-19,23,26,30-33,59H,3,5-6,9-12,15,20-22,24-25H2,1-2H3,(H2,43,53)(H2,44,54)(H,45,58)(H,47,56)(H,48,55)/t30-,31?,32+,33-/m0/s1. The summed E-state index contributed by atoms with van der Waals surface area (Å²) in [7, 11) is 0. The predicted molar refractivity (Wildman–Crippen MR) is 216 cm³/mol. The lowest BCUT2D eigenvalue weighted by atomic mass is 9.84. The van der Waals surface area contributed by atoms with Gasteiger partial charge in [0.2, 0.25) is 23.5 Å². The van der Waals surface area contributed by atoms with E-state index in [0.717, 1.165) is 37.7 Å². The molecular weight excluding hydrogens is 775 g/mol. The third-order valence-electron chi connectivity index (χ3n) is 11.0. The average molecular weight is 830 g/mol. The number of nitrogens with one attached hydrogen (secondary N) is 3. The van der Waals surface area contributed by atoms with Crippen LogP contribution in [-0.4, -0.2) is 97.6 Å². The zero-order valence-electron chi connectivity index (χ0n) is 34.0. The first-order chi connectivity index (χ1) is 28.6. The zero-order valence-corrected chi connectivity index (χ0v) is 34.0. The molecule has 1 aliphatic carbocycles. The Hall–Kier alpha value is -6.17. The molecule has 1 aliphatic heterocycles. The number of hydrogen-bond acceptors (Lipinski definition) is 11. The first kappa shape index (κ1) is 44.9. The van der Waals surface area contributed by atoms with E-state index >= 15 is 0 Å². The van der Waals surface area contributed by atoms with Crippen molar-refractivity contribution in [3.05, 3.63) is 83.2 Å². The van der Waals surface area contributed by atoms with Crippen LogP contribution in [0, 0.1) is 5.92 Å². The summed E-state index contributed by atoms with van der Waals surface area (Å²) in [4.78, 5) is 93.1. The Morgan fingerprint density at radius 1 is 0.900 bits per heavy atom. The van der Waals surface area contributed by atoms with Gasteiger partial charge in [0, 0.05) is 30.6 Å². The van der Waals surface area contributed by atoms with Gasteiger partial charge in [-0.05, 0) is 75.3 Å². The lowest BCUT2D eigenvalue weighted by molar-refractivity contribution is -0.142. The molecule has 1 aromatic heterocycles. The van der Waals surface area contributed by atoms with Crippen LogP contribution in [0.3, 0.4) is 0 Å². The Bertz CT molecular complexity index is 1990. The van der Waals surface area contributed by atoms with Gasteiger partial charge in [-0.2, -0.15) is 0 Å². The lowest BCUT2D eigenvalue weighted by Crippen LogP contribution is -2.56. The number of ketones is 1. The Balaban J connectivity index is 1.33. The molecule has 2 fully saturated rings. The molecule has 4 atom stereocenters. The van der Waals surface area contributed by atoms with Crippen molar-refractivity contribution in [1.29, 1.82) is 0 Å². The molecule has 6 amide bonds. The van der Waals surface area contributed by atoms with Crippen LogP contribution >= 0.6 is 0 Å². The van der Waals surface area contributed by atoms with E-state index < -0.39 is 71.2 Å². The SMILES string of the molecule is CC(C)(O)c1cnnn1[C@H]1C[C@@H](C(=O)NC(CCCCNC(=O)OCc2ccccc2)C(=O)C(N)=O)N(C(=O)[C@@H](CC2CCCCC2)NC(=O)c2ccc(C(N)=O)cc2)C1. The molecule has 18 nitrogen and oxygen atoms in total. The summed E-state index contributed by atoms with van der Waals surface area (Å²) in [5.41, 5.74) is 11.0. The van der Waals surface area contributed by atoms with Crippen molar-refractivity contribution in [1.82, 2.24) is 35.8 Å². The Kier molecular flexibility index (Phi) is 15.5. The summed E-state index contributed by atoms with van der Waals surface area (Å²) in [5, 5.41) is 27.3. The summed E-state index contributed by atoms with van der Waals surface area (Å²) >= 11 is 0. The third-order valence-corrected chi connectivity index (χ3v) is 11.0. The monoisotopic (exact) mass is 829 g/mol. The van der Waals surface area contributed by atoms with Crippen LogP contribution < -0.4 is 27.4 Å². The third kappa shape index (κ3) is 12.2. The minimum Gasteiger partial charge on any atom is -0.445 e. The van der Waals surface area contributed by atoms with Crippen LogP contribution in [0.25, 0.3) is 0 Å². The molecule has 1 unspecified atom stereocenters. The second kappa shape index (κ2) is 20.7. The molecule has 3 aromatic rings. The van der Waals surface area contributed by atoms with Crippen molar-refractivity contribution in [3.8, 4) is 0 Å². The number of Topliss-reactive ketones (excluding diaryl/α,β-unsaturated/α-hetero) is 1. The molecule has 0 radical (unpaired) electrons. The molecule has 1 saturated heterocycles. The number of carbonyl (C=O) groups is 7. The topological polar surface area (TPSA) is 271 Å². The second-order valence-electron chi connectivity index (χ2n) is 16.0. The number of unbranched alkanes of at least 4 members (excludes halogenated alkanes) is 1. The normalized spacial score (nSPS) is 17.9. The fourth-order valence-electron chi connectivity index (χ4n) is 7.79. The molecule has 8 N–H and O–H groups in total. The quantitative estimate of drug-likeness (QED) is 0.0753. The molecular formula is C42H55N9O9. The number of nitrogens with zero attached hydrogens (tertiary/aromatic N) is 4. The number of hydrogen-bond donors (Lipinski definition) is 6. The first-order valence-corrected chi connectivity index (χ1v) is 20.3. The minimum atomic E-state index is -1.38. The van der Waals surface area contributed by atoms with Crippen molar-refractivity contribution in [2.24, 2.45) is 17.4 Å². The number of likely N-dealkylation sites (tertiary alicyclic amines) is 1. The fraction of sp³-hybridized carbons (Fsp3) is 0.500. The van der Waals surface area contributed by atoms with Crippen molar-refractivity contribution < 1.29 is 43.4 Å². The number of amides is 6. The largest absolute Gasteiger partial charge is 0.445 e. The van der Waals surface area contributed by atoms with Gasteiger partial charge >= 0.3 is 6.09 Å². The number of primary amides is 2. The van der Waals surface area contributed by atoms with Crippen molar-refractivity contribution in [2.75, 3.05) is 13.1 Å². The number of alkyl carbamates (subject to hydrolysis) is 1. The van der Waals surface area contributed by atoms with Crippen molar-refractivity contribution in [3.63, 3.8) is 0 Å². The summed E-state index contributed by atoms with van der Waals surface area (Å²) in [6.07, 6.45) is 6.45. The molecule has 2 aromatic carbocycles. The Morgan fingerprint density at radius 2 is 1.58 bits per heavy atom. The molecule has 18 heteroatoms. The number of carbonyl (C=O) groups excluding carboxylic acids is 7. The van der Waals surface area contributed by atoms with Crippen LogP contribution in [0.2, 0.25) is 0 Å². The molecule has 0 spiro atoms. The predicted octanol–water partition coefficient (Wildman–Crippen LogP) is 2.15. The number of aromatic nitrogens is 3. The minimum absolute atomic E-state index is 0.000811. The van der Waals surface area contributed by atoms with E-state index in [1.54, 1.807) is 13.8 Å². The summed E-state index contributed by atoms with van der Waals surface area (Å²) in [6.45, 7) is 3.33. The van der Waals surface area contributed by atoms with Gasteiger partial charge in [0.25, 0.3) is 11.8 Å². The highest BCUT2D eigenvalue weighted by atomic mass is 16.5. The van der Waals surface area contributed by atoms with Crippen LogP contribution in [-0.2, 0) is 36.1 Å².